The van der Waals surface area contributed by atoms with Crippen molar-refractivity contribution < 1.29 is 13.2 Å². The lowest BCUT2D eigenvalue weighted by atomic mass is 9.97. The lowest BCUT2D eigenvalue weighted by molar-refractivity contribution is -0.176. The van der Waals surface area contributed by atoms with Crippen LogP contribution in [-0.4, -0.2) is 29.2 Å². The summed E-state index contributed by atoms with van der Waals surface area (Å²) in [7, 11) is 0. The highest BCUT2D eigenvalue weighted by Gasteiger charge is 2.42. The number of nitrogens with zero attached hydrogens (tertiary/aromatic N) is 3. The fourth-order valence-electron chi connectivity index (χ4n) is 2.21. The molecule has 1 saturated heterocycles. The highest BCUT2D eigenvalue weighted by molar-refractivity contribution is 5.55. The number of nitrogen functional groups attached to an aromatic ring is 1. The van der Waals surface area contributed by atoms with Gasteiger partial charge in [-0.2, -0.15) is 13.2 Å². The number of hydrogen-bond donors (Lipinski definition) is 1. The predicted molar refractivity (Wildman–Crippen MR) is 62.2 cm³/mol. The van der Waals surface area contributed by atoms with Crippen LogP contribution in [0.25, 0.3) is 0 Å². The Bertz CT molecular complexity index is 433. The van der Waals surface area contributed by atoms with Gasteiger partial charge in [0, 0.05) is 18.7 Å². The van der Waals surface area contributed by atoms with E-state index in [4.69, 9.17) is 5.73 Å². The van der Waals surface area contributed by atoms with E-state index in [-0.39, 0.29) is 13.0 Å². The Balaban J connectivity index is 2.21. The number of nitrogens with two attached hydrogens (primary N) is 1. The third-order valence-corrected chi connectivity index (χ3v) is 3.28. The summed E-state index contributed by atoms with van der Waals surface area (Å²) in [6.45, 7) is 2.24. The topological polar surface area (TPSA) is 55.0 Å². The van der Waals surface area contributed by atoms with Crippen LogP contribution in [0.15, 0.2) is 6.33 Å². The van der Waals surface area contributed by atoms with E-state index in [0.29, 0.717) is 30.2 Å². The molecule has 2 rings (SSSR count). The van der Waals surface area contributed by atoms with Crippen molar-refractivity contribution in [1.82, 2.24) is 9.97 Å². The molecule has 1 fully saturated rings. The molecule has 7 heteroatoms. The molecule has 0 aliphatic carbocycles. The second-order valence-corrected chi connectivity index (χ2v) is 4.53. The fourth-order valence-corrected chi connectivity index (χ4v) is 2.21. The minimum Gasteiger partial charge on any atom is -0.383 e. The first-order valence-electron chi connectivity index (χ1n) is 5.78. The summed E-state index contributed by atoms with van der Waals surface area (Å²) in [5.41, 5.74) is 6.29. The van der Waals surface area contributed by atoms with Crippen LogP contribution in [0.4, 0.5) is 24.8 Å². The van der Waals surface area contributed by atoms with Crippen molar-refractivity contribution in [2.45, 2.75) is 25.9 Å². The highest BCUT2D eigenvalue weighted by Crippen LogP contribution is 2.35. The first-order valence-corrected chi connectivity index (χ1v) is 5.78. The number of piperidine rings is 1. The molecule has 1 atom stereocenters. The molecule has 0 bridgehead atoms. The van der Waals surface area contributed by atoms with Gasteiger partial charge in [-0.05, 0) is 19.8 Å². The Morgan fingerprint density at radius 3 is 2.78 bits per heavy atom. The molecule has 100 valence electrons. The SMILES string of the molecule is Cc1c(N)ncnc1N1CCCC(C(F)(F)F)C1. The lowest BCUT2D eigenvalue weighted by Crippen LogP contribution is -2.42. The number of anilines is 2. The summed E-state index contributed by atoms with van der Waals surface area (Å²) in [5.74, 6) is -0.465. The van der Waals surface area contributed by atoms with Gasteiger partial charge < -0.3 is 10.6 Å². The molecule has 0 radical (unpaired) electrons. The second kappa shape index (κ2) is 4.62. The number of hydrogen-bond acceptors (Lipinski definition) is 4. The van der Waals surface area contributed by atoms with Gasteiger partial charge >= 0.3 is 6.18 Å². The molecular weight excluding hydrogens is 245 g/mol. The third kappa shape index (κ3) is 2.49. The molecule has 18 heavy (non-hydrogen) atoms. The highest BCUT2D eigenvalue weighted by atomic mass is 19.4. The zero-order valence-corrected chi connectivity index (χ0v) is 10.0. The van der Waals surface area contributed by atoms with E-state index in [1.165, 1.54) is 6.33 Å². The van der Waals surface area contributed by atoms with Gasteiger partial charge in [0.25, 0.3) is 0 Å². The van der Waals surface area contributed by atoms with Crippen LogP contribution in [0.1, 0.15) is 18.4 Å². The van der Waals surface area contributed by atoms with Crippen molar-refractivity contribution >= 4 is 11.6 Å². The summed E-state index contributed by atoms with van der Waals surface area (Å²) in [5, 5.41) is 0. The van der Waals surface area contributed by atoms with Crippen molar-refractivity contribution in [3.8, 4) is 0 Å². The van der Waals surface area contributed by atoms with Gasteiger partial charge in [0.05, 0.1) is 5.92 Å². The standard InChI is InChI=1S/C11H15F3N4/c1-7-9(15)16-6-17-10(7)18-4-2-3-8(5-18)11(12,13)14/h6,8H,2-5H2,1H3,(H2,15,16,17). The van der Waals surface area contributed by atoms with E-state index >= 15 is 0 Å². The Morgan fingerprint density at radius 2 is 2.11 bits per heavy atom. The normalized spacial score (nSPS) is 21.1. The maximum atomic E-state index is 12.7. The third-order valence-electron chi connectivity index (χ3n) is 3.28. The quantitative estimate of drug-likeness (QED) is 0.840. The molecule has 4 nitrogen and oxygen atoms in total. The summed E-state index contributed by atoms with van der Waals surface area (Å²) in [6, 6.07) is 0. The second-order valence-electron chi connectivity index (χ2n) is 4.53. The van der Waals surface area contributed by atoms with Crippen molar-refractivity contribution in [2.24, 2.45) is 5.92 Å². The van der Waals surface area contributed by atoms with Crippen molar-refractivity contribution in [2.75, 3.05) is 23.7 Å². The van der Waals surface area contributed by atoms with Gasteiger partial charge in [0.2, 0.25) is 0 Å². The zero-order valence-electron chi connectivity index (χ0n) is 10.0. The van der Waals surface area contributed by atoms with Crippen molar-refractivity contribution in [1.29, 1.82) is 0 Å². The minimum atomic E-state index is -4.15. The lowest BCUT2D eigenvalue weighted by Gasteiger charge is -2.35. The number of halogens is 3. The first kappa shape index (κ1) is 12.9. The number of rotatable bonds is 1. The van der Waals surface area contributed by atoms with E-state index in [9.17, 15) is 13.2 Å². The number of aromatic nitrogens is 2. The van der Waals surface area contributed by atoms with E-state index in [1.807, 2.05) is 0 Å². The monoisotopic (exact) mass is 260 g/mol. The van der Waals surface area contributed by atoms with Crippen molar-refractivity contribution in [3.63, 3.8) is 0 Å². The van der Waals surface area contributed by atoms with E-state index in [0.717, 1.165) is 0 Å². The van der Waals surface area contributed by atoms with Crippen LogP contribution in [0.2, 0.25) is 0 Å². The maximum absolute atomic E-state index is 12.7. The van der Waals surface area contributed by atoms with Crippen LogP contribution in [0.3, 0.4) is 0 Å². The van der Waals surface area contributed by atoms with E-state index in [1.54, 1.807) is 11.8 Å². The predicted octanol–water partition coefficient (Wildman–Crippen LogP) is 2.15. The van der Waals surface area contributed by atoms with Gasteiger partial charge in [-0.15, -0.1) is 0 Å². The molecule has 1 aromatic rings. The zero-order chi connectivity index (χ0) is 13.3. The van der Waals surface area contributed by atoms with Gasteiger partial charge in [0.15, 0.2) is 0 Å². The first-order chi connectivity index (χ1) is 8.39. The molecule has 0 aromatic carbocycles. The Morgan fingerprint density at radius 1 is 1.39 bits per heavy atom. The van der Waals surface area contributed by atoms with Crippen LogP contribution < -0.4 is 10.6 Å². The van der Waals surface area contributed by atoms with Crippen molar-refractivity contribution in [3.05, 3.63) is 11.9 Å². The van der Waals surface area contributed by atoms with Gasteiger partial charge in [-0.25, -0.2) is 9.97 Å². The largest absolute Gasteiger partial charge is 0.393 e. The molecule has 2 N–H and O–H groups in total. The molecular formula is C11H15F3N4. The van der Waals surface area contributed by atoms with Crippen LogP contribution in [-0.2, 0) is 0 Å². The van der Waals surface area contributed by atoms with E-state index in [2.05, 4.69) is 9.97 Å². The summed E-state index contributed by atoms with van der Waals surface area (Å²) in [6.07, 6.45) is -2.17. The van der Waals surface area contributed by atoms with Gasteiger partial charge in [-0.3, -0.25) is 0 Å². The molecule has 1 unspecified atom stereocenters. The molecule has 2 heterocycles. The average molecular weight is 260 g/mol. The van der Waals surface area contributed by atoms with Crippen LogP contribution in [0.5, 0.6) is 0 Å². The molecule has 0 saturated carbocycles. The maximum Gasteiger partial charge on any atom is 0.393 e. The van der Waals surface area contributed by atoms with Crippen LogP contribution >= 0.6 is 0 Å². The summed E-state index contributed by atoms with van der Waals surface area (Å²) < 4.78 is 38.2. The minimum absolute atomic E-state index is 0.0548. The van der Waals surface area contributed by atoms with E-state index < -0.39 is 12.1 Å². The fraction of sp³-hybridized carbons (Fsp3) is 0.636. The average Bonchev–Trinajstić information content (AvgIpc) is 2.32. The summed E-state index contributed by atoms with van der Waals surface area (Å²) >= 11 is 0. The molecule has 0 amide bonds. The molecule has 1 aromatic heterocycles. The molecule has 1 aliphatic heterocycles. The number of alkyl halides is 3. The van der Waals surface area contributed by atoms with Gasteiger partial charge in [-0.1, -0.05) is 0 Å². The Kier molecular flexibility index (Phi) is 3.32. The van der Waals surface area contributed by atoms with Gasteiger partial charge in [0.1, 0.15) is 18.0 Å². The summed E-state index contributed by atoms with van der Waals surface area (Å²) in [4.78, 5) is 9.51. The molecule has 1 aliphatic rings. The Hall–Kier alpha value is -1.53. The Labute approximate surface area is 103 Å². The smallest absolute Gasteiger partial charge is 0.383 e. The molecule has 0 spiro atoms. The van der Waals surface area contributed by atoms with Crippen LogP contribution in [0, 0.1) is 12.8 Å².